The maximum Gasteiger partial charge on any atom is 0.261 e. The van der Waals surface area contributed by atoms with Gasteiger partial charge in [0.2, 0.25) is 5.91 Å². The van der Waals surface area contributed by atoms with E-state index in [9.17, 15) is 14.4 Å². The number of amidine groups is 1. The van der Waals surface area contributed by atoms with E-state index in [-0.39, 0.29) is 22.6 Å². The fraction of sp³-hybridized carbons (Fsp3) is 0.158. The van der Waals surface area contributed by atoms with E-state index in [0.29, 0.717) is 12.0 Å². The van der Waals surface area contributed by atoms with Crippen LogP contribution in [-0.2, 0) is 16.0 Å². The molecular weight excluding hydrogens is 416 g/mol. The molecular formula is C19H15BrN2O3S. The second-order valence-corrected chi connectivity index (χ2v) is 7.59. The Labute approximate surface area is 163 Å². The highest BCUT2D eigenvalue weighted by atomic mass is 79.9. The van der Waals surface area contributed by atoms with Crippen LogP contribution in [0.15, 0.2) is 64.1 Å². The first-order valence-corrected chi connectivity index (χ1v) is 9.69. The first-order chi connectivity index (χ1) is 12.5. The lowest BCUT2D eigenvalue weighted by molar-refractivity contribution is -0.133. The fourth-order valence-corrected chi connectivity index (χ4v) is 3.49. The number of carbonyl (C=O) groups is 3. The number of thioether (sulfide) groups is 1. The third kappa shape index (κ3) is 4.68. The zero-order chi connectivity index (χ0) is 18.5. The second-order valence-electron chi connectivity index (χ2n) is 5.71. The van der Waals surface area contributed by atoms with Gasteiger partial charge in [0.25, 0.3) is 5.91 Å². The zero-order valence-electron chi connectivity index (χ0n) is 13.6. The van der Waals surface area contributed by atoms with Gasteiger partial charge in [0.05, 0.1) is 5.75 Å². The molecule has 0 spiro atoms. The van der Waals surface area contributed by atoms with Crippen molar-refractivity contribution in [3.63, 3.8) is 0 Å². The molecule has 2 aromatic rings. The van der Waals surface area contributed by atoms with E-state index in [2.05, 4.69) is 26.2 Å². The third-order valence-corrected chi connectivity index (χ3v) is 5.25. The van der Waals surface area contributed by atoms with Gasteiger partial charge in [-0.05, 0) is 24.1 Å². The number of benzene rings is 2. The summed E-state index contributed by atoms with van der Waals surface area (Å²) < 4.78 is 0.890. The molecule has 1 aliphatic rings. The SMILES string of the molecule is O=C(CSC1=NC(=O)C(Cc2ccccc2)C(=O)N1)c1ccc(Br)cc1. The molecule has 2 amide bonds. The van der Waals surface area contributed by atoms with Gasteiger partial charge in [0, 0.05) is 10.0 Å². The van der Waals surface area contributed by atoms with E-state index >= 15 is 0 Å². The van der Waals surface area contributed by atoms with Gasteiger partial charge in [-0.25, -0.2) is 0 Å². The molecule has 7 heteroatoms. The van der Waals surface area contributed by atoms with Crippen LogP contribution >= 0.6 is 27.7 Å². The van der Waals surface area contributed by atoms with Gasteiger partial charge < -0.3 is 5.32 Å². The average molecular weight is 431 g/mol. The Kier molecular flexibility index (Phi) is 6.00. The highest BCUT2D eigenvalue weighted by Crippen LogP contribution is 2.18. The largest absolute Gasteiger partial charge is 0.304 e. The van der Waals surface area contributed by atoms with E-state index < -0.39 is 11.8 Å². The van der Waals surface area contributed by atoms with Crippen molar-refractivity contribution in [2.75, 3.05) is 5.75 Å². The molecule has 1 atom stereocenters. The molecule has 1 heterocycles. The Morgan fingerprint density at radius 3 is 2.42 bits per heavy atom. The molecule has 3 rings (SSSR count). The zero-order valence-corrected chi connectivity index (χ0v) is 16.0. The van der Waals surface area contributed by atoms with Crippen molar-refractivity contribution < 1.29 is 14.4 Å². The number of Topliss-reactive ketones (excluding diaryl/α,β-unsaturated/α-hetero) is 1. The van der Waals surface area contributed by atoms with Gasteiger partial charge in [-0.3, -0.25) is 14.4 Å². The van der Waals surface area contributed by atoms with Crippen LogP contribution in [0.25, 0.3) is 0 Å². The molecule has 1 aliphatic heterocycles. The summed E-state index contributed by atoms with van der Waals surface area (Å²) in [6.45, 7) is 0. The number of carbonyl (C=O) groups excluding carboxylic acids is 3. The fourth-order valence-electron chi connectivity index (χ4n) is 2.46. The van der Waals surface area contributed by atoms with Crippen LogP contribution in [0.1, 0.15) is 15.9 Å². The number of nitrogens with one attached hydrogen (secondary N) is 1. The van der Waals surface area contributed by atoms with Crippen LogP contribution in [0.5, 0.6) is 0 Å². The molecule has 0 saturated carbocycles. The lowest BCUT2D eigenvalue weighted by Gasteiger charge is -2.19. The molecule has 1 unspecified atom stereocenters. The number of hydrogen-bond donors (Lipinski definition) is 1. The van der Waals surface area contributed by atoms with Gasteiger partial charge in [0.1, 0.15) is 5.92 Å². The molecule has 0 bridgehead atoms. The second kappa shape index (κ2) is 8.42. The minimum atomic E-state index is -0.830. The number of amides is 2. The third-order valence-electron chi connectivity index (χ3n) is 3.85. The van der Waals surface area contributed by atoms with E-state index in [1.54, 1.807) is 24.3 Å². The summed E-state index contributed by atoms with van der Waals surface area (Å²) in [5.74, 6) is -1.69. The lowest BCUT2D eigenvalue weighted by atomic mass is 9.97. The van der Waals surface area contributed by atoms with Crippen molar-refractivity contribution in [3.05, 3.63) is 70.2 Å². The summed E-state index contributed by atoms with van der Waals surface area (Å²) in [6.07, 6.45) is 0.310. The summed E-state index contributed by atoms with van der Waals surface area (Å²) in [4.78, 5) is 40.6. The molecule has 0 aromatic heterocycles. The molecule has 2 aromatic carbocycles. The quantitative estimate of drug-likeness (QED) is 0.583. The molecule has 5 nitrogen and oxygen atoms in total. The minimum absolute atomic E-state index is 0.0946. The highest BCUT2D eigenvalue weighted by Gasteiger charge is 2.32. The number of nitrogens with zero attached hydrogens (tertiary/aromatic N) is 1. The van der Waals surface area contributed by atoms with E-state index in [1.807, 2.05) is 30.3 Å². The molecule has 26 heavy (non-hydrogen) atoms. The standard InChI is InChI=1S/C19H15BrN2O3S/c20-14-8-6-13(7-9-14)16(23)11-26-19-21-17(24)15(18(25)22-19)10-12-4-2-1-3-5-12/h1-9,15H,10-11H2,(H,21,22,24,25). The highest BCUT2D eigenvalue weighted by molar-refractivity contribution is 9.10. The van der Waals surface area contributed by atoms with Crippen LogP contribution in [-0.4, -0.2) is 28.5 Å². The number of ketones is 1. The average Bonchev–Trinajstić information content (AvgIpc) is 2.64. The number of rotatable bonds is 5. The molecule has 132 valence electrons. The van der Waals surface area contributed by atoms with Gasteiger partial charge in [-0.15, -0.1) is 0 Å². The van der Waals surface area contributed by atoms with Crippen molar-refractivity contribution in [1.82, 2.24) is 5.32 Å². The molecule has 1 N–H and O–H groups in total. The Morgan fingerprint density at radius 2 is 1.77 bits per heavy atom. The Hall–Kier alpha value is -2.25. The number of hydrogen-bond acceptors (Lipinski definition) is 4. The smallest absolute Gasteiger partial charge is 0.261 e. The first-order valence-electron chi connectivity index (χ1n) is 7.92. The van der Waals surface area contributed by atoms with Crippen LogP contribution < -0.4 is 5.32 Å². The summed E-state index contributed by atoms with van der Waals surface area (Å²) in [6, 6.07) is 16.3. The number of aliphatic imine (C=N–C) groups is 1. The summed E-state index contributed by atoms with van der Waals surface area (Å²) in [7, 11) is 0. The van der Waals surface area contributed by atoms with E-state index in [4.69, 9.17) is 0 Å². The van der Waals surface area contributed by atoms with Crippen molar-refractivity contribution in [2.45, 2.75) is 6.42 Å². The predicted octanol–water partition coefficient (Wildman–Crippen LogP) is 3.24. The van der Waals surface area contributed by atoms with Gasteiger partial charge in [-0.1, -0.05) is 70.2 Å². The lowest BCUT2D eigenvalue weighted by Crippen LogP contribution is -2.43. The maximum atomic E-state index is 12.3. The van der Waals surface area contributed by atoms with Crippen LogP contribution in [0.3, 0.4) is 0 Å². The molecule has 0 saturated heterocycles. The van der Waals surface area contributed by atoms with Crippen molar-refractivity contribution in [3.8, 4) is 0 Å². The Balaban J connectivity index is 1.61. The molecule has 0 radical (unpaired) electrons. The van der Waals surface area contributed by atoms with Crippen LogP contribution in [0.4, 0.5) is 0 Å². The van der Waals surface area contributed by atoms with Crippen molar-refractivity contribution >= 4 is 50.5 Å². The predicted molar refractivity (Wildman–Crippen MR) is 105 cm³/mol. The summed E-state index contributed by atoms with van der Waals surface area (Å²) >= 11 is 4.37. The number of halogens is 1. The normalized spacial score (nSPS) is 16.8. The van der Waals surface area contributed by atoms with Crippen molar-refractivity contribution in [2.24, 2.45) is 10.9 Å². The van der Waals surface area contributed by atoms with Gasteiger partial charge in [-0.2, -0.15) is 4.99 Å². The Morgan fingerprint density at radius 1 is 1.08 bits per heavy atom. The summed E-state index contributed by atoms with van der Waals surface area (Å²) in [5, 5.41) is 2.80. The molecule has 0 aliphatic carbocycles. The van der Waals surface area contributed by atoms with E-state index in [0.717, 1.165) is 21.8 Å². The van der Waals surface area contributed by atoms with Gasteiger partial charge >= 0.3 is 0 Å². The van der Waals surface area contributed by atoms with Crippen LogP contribution in [0, 0.1) is 5.92 Å². The minimum Gasteiger partial charge on any atom is -0.304 e. The summed E-state index contributed by atoms with van der Waals surface area (Å²) in [5.41, 5.74) is 1.47. The molecule has 0 fully saturated rings. The van der Waals surface area contributed by atoms with Crippen molar-refractivity contribution in [1.29, 1.82) is 0 Å². The monoisotopic (exact) mass is 430 g/mol. The Bertz CT molecular complexity index is 866. The van der Waals surface area contributed by atoms with Crippen LogP contribution in [0.2, 0.25) is 0 Å². The maximum absolute atomic E-state index is 12.3. The van der Waals surface area contributed by atoms with Gasteiger partial charge in [0.15, 0.2) is 11.0 Å². The topological polar surface area (TPSA) is 75.6 Å². The first kappa shape index (κ1) is 18.5. The van der Waals surface area contributed by atoms with E-state index in [1.165, 1.54) is 0 Å².